The van der Waals surface area contributed by atoms with Crippen molar-refractivity contribution in [1.82, 2.24) is 10.7 Å². The molecule has 4 saturated carbocycles. The summed E-state index contributed by atoms with van der Waals surface area (Å²) in [4.78, 5) is 12.2. The minimum atomic E-state index is -0.183. The Bertz CT molecular complexity index is 590. The summed E-state index contributed by atoms with van der Waals surface area (Å²) in [6.07, 6.45) is 9.19. The minimum Gasteiger partial charge on any atom is -0.331 e. The fourth-order valence-electron chi connectivity index (χ4n) is 5.25. The summed E-state index contributed by atoms with van der Waals surface area (Å²) in [5.74, 6) is 2.46. The lowest BCUT2D eigenvalue weighted by Gasteiger charge is -2.56. The summed E-state index contributed by atoms with van der Waals surface area (Å²) in [5.41, 5.74) is 3.54. The number of amides is 2. The molecule has 4 nitrogen and oxygen atoms in total. The SMILES string of the molecule is O=C(N/N=C/c1ccc(Cl)cc1)NC12CC3CC(CC(C3)C1)C2. The van der Waals surface area contributed by atoms with E-state index in [1.807, 2.05) is 12.1 Å². The Kier molecular flexibility index (Phi) is 3.80. The van der Waals surface area contributed by atoms with E-state index in [2.05, 4.69) is 15.8 Å². The van der Waals surface area contributed by atoms with Gasteiger partial charge in [0.15, 0.2) is 0 Å². The Morgan fingerprint density at radius 1 is 1.09 bits per heavy atom. The average Bonchev–Trinajstić information content (AvgIpc) is 2.47. The number of hydrazone groups is 1. The second-order valence-electron chi connectivity index (χ2n) is 7.57. The van der Waals surface area contributed by atoms with Gasteiger partial charge in [-0.15, -0.1) is 0 Å². The fraction of sp³-hybridized carbons (Fsp3) is 0.556. The Morgan fingerprint density at radius 3 is 2.22 bits per heavy atom. The van der Waals surface area contributed by atoms with Gasteiger partial charge in [-0.1, -0.05) is 23.7 Å². The number of nitrogens with one attached hydrogen (secondary N) is 2. The summed E-state index contributed by atoms with van der Waals surface area (Å²) < 4.78 is 0. The van der Waals surface area contributed by atoms with Gasteiger partial charge in [-0.05, 0) is 74.0 Å². The van der Waals surface area contributed by atoms with E-state index in [4.69, 9.17) is 11.6 Å². The minimum absolute atomic E-state index is 0.0224. The normalized spacial score (nSPS) is 34.7. The molecule has 0 heterocycles. The lowest BCUT2D eigenvalue weighted by Crippen LogP contribution is -2.61. The molecule has 0 radical (unpaired) electrons. The van der Waals surface area contributed by atoms with Crippen molar-refractivity contribution in [3.63, 3.8) is 0 Å². The Morgan fingerprint density at radius 2 is 1.65 bits per heavy atom. The van der Waals surface area contributed by atoms with Crippen molar-refractivity contribution in [2.75, 3.05) is 0 Å². The average molecular weight is 332 g/mol. The molecule has 4 aliphatic rings. The third-order valence-electron chi connectivity index (χ3n) is 5.67. The summed E-state index contributed by atoms with van der Waals surface area (Å²) in [7, 11) is 0. The first-order chi connectivity index (χ1) is 11.1. The van der Waals surface area contributed by atoms with Crippen LogP contribution in [0.2, 0.25) is 5.02 Å². The molecule has 4 fully saturated rings. The zero-order valence-electron chi connectivity index (χ0n) is 13.1. The zero-order valence-corrected chi connectivity index (χ0v) is 13.9. The molecular formula is C18H22ClN3O. The van der Waals surface area contributed by atoms with Crippen molar-refractivity contribution in [3.8, 4) is 0 Å². The highest BCUT2D eigenvalue weighted by molar-refractivity contribution is 6.30. The van der Waals surface area contributed by atoms with Crippen LogP contribution < -0.4 is 10.7 Å². The zero-order chi connectivity index (χ0) is 15.9. The fourth-order valence-corrected chi connectivity index (χ4v) is 5.37. The van der Waals surface area contributed by atoms with Gasteiger partial charge in [-0.2, -0.15) is 5.10 Å². The molecule has 5 rings (SSSR count). The summed E-state index contributed by atoms with van der Waals surface area (Å²) >= 11 is 5.84. The summed E-state index contributed by atoms with van der Waals surface area (Å²) in [5, 5.41) is 7.96. The van der Waals surface area contributed by atoms with Crippen molar-refractivity contribution in [2.24, 2.45) is 22.9 Å². The molecule has 4 bridgehead atoms. The molecule has 0 atom stereocenters. The van der Waals surface area contributed by atoms with Crippen molar-refractivity contribution in [2.45, 2.75) is 44.1 Å². The number of carbonyl (C=O) groups is 1. The molecule has 0 unspecified atom stereocenters. The van der Waals surface area contributed by atoms with Crippen LogP contribution in [0, 0.1) is 17.8 Å². The van der Waals surface area contributed by atoms with Gasteiger partial charge >= 0.3 is 6.03 Å². The number of urea groups is 1. The number of rotatable bonds is 3. The predicted octanol–water partition coefficient (Wildman–Crippen LogP) is 3.94. The smallest absolute Gasteiger partial charge is 0.331 e. The molecule has 23 heavy (non-hydrogen) atoms. The van der Waals surface area contributed by atoms with Crippen LogP contribution in [0.15, 0.2) is 29.4 Å². The van der Waals surface area contributed by atoms with E-state index in [9.17, 15) is 4.79 Å². The van der Waals surface area contributed by atoms with Crippen LogP contribution in [0.25, 0.3) is 0 Å². The molecule has 0 saturated heterocycles. The van der Waals surface area contributed by atoms with E-state index in [0.29, 0.717) is 5.02 Å². The number of carbonyl (C=O) groups excluding carboxylic acids is 1. The van der Waals surface area contributed by atoms with E-state index in [-0.39, 0.29) is 11.6 Å². The maximum Gasteiger partial charge on any atom is 0.335 e. The topological polar surface area (TPSA) is 53.5 Å². The Labute approximate surface area is 141 Å². The van der Waals surface area contributed by atoms with Crippen molar-refractivity contribution in [3.05, 3.63) is 34.9 Å². The summed E-state index contributed by atoms with van der Waals surface area (Å²) in [6, 6.07) is 7.16. The van der Waals surface area contributed by atoms with Gasteiger partial charge in [0.05, 0.1) is 6.21 Å². The first-order valence-electron chi connectivity index (χ1n) is 8.47. The van der Waals surface area contributed by atoms with Crippen LogP contribution in [0.1, 0.15) is 44.1 Å². The van der Waals surface area contributed by atoms with Crippen molar-refractivity contribution >= 4 is 23.8 Å². The molecular weight excluding hydrogens is 310 g/mol. The van der Waals surface area contributed by atoms with E-state index < -0.39 is 0 Å². The quantitative estimate of drug-likeness (QED) is 0.639. The number of hydrogen-bond acceptors (Lipinski definition) is 2. The van der Waals surface area contributed by atoms with Crippen LogP contribution >= 0.6 is 11.6 Å². The van der Waals surface area contributed by atoms with Crippen molar-refractivity contribution < 1.29 is 4.79 Å². The molecule has 1 aromatic carbocycles. The number of halogens is 1. The highest BCUT2D eigenvalue weighted by Gasteiger charge is 2.51. The second-order valence-corrected chi connectivity index (χ2v) is 8.01. The maximum absolute atomic E-state index is 12.2. The number of nitrogens with zero attached hydrogens (tertiary/aromatic N) is 1. The highest BCUT2D eigenvalue weighted by atomic mass is 35.5. The van der Waals surface area contributed by atoms with Gasteiger partial charge in [-0.25, -0.2) is 10.2 Å². The second kappa shape index (κ2) is 5.82. The van der Waals surface area contributed by atoms with Crippen LogP contribution in [0.3, 0.4) is 0 Å². The van der Waals surface area contributed by atoms with Gasteiger partial charge in [-0.3, -0.25) is 0 Å². The van der Waals surface area contributed by atoms with Crippen LogP contribution in [-0.4, -0.2) is 17.8 Å². The van der Waals surface area contributed by atoms with Gasteiger partial charge in [0, 0.05) is 10.6 Å². The maximum atomic E-state index is 12.2. The monoisotopic (exact) mass is 331 g/mol. The molecule has 5 heteroatoms. The van der Waals surface area contributed by atoms with E-state index in [1.165, 1.54) is 19.3 Å². The molecule has 1 aromatic rings. The molecule has 122 valence electrons. The van der Waals surface area contributed by atoms with Crippen LogP contribution in [-0.2, 0) is 0 Å². The first-order valence-corrected chi connectivity index (χ1v) is 8.85. The van der Waals surface area contributed by atoms with E-state index in [1.54, 1.807) is 18.3 Å². The number of benzene rings is 1. The molecule has 4 aliphatic carbocycles. The van der Waals surface area contributed by atoms with Crippen LogP contribution in [0.4, 0.5) is 4.79 Å². The largest absolute Gasteiger partial charge is 0.335 e. The Balaban J connectivity index is 1.34. The third kappa shape index (κ3) is 3.23. The van der Waals surface area contributed by atoms with Gasteiger partial charge in [0.2, 0.25) is 0 Å². The Hall–Kier alpha value is -1.55. The molecule has 0 spiro atoms. The predicted molar refractivity (Wildman–Crippen MR) is 91.6 cm³/mol. The lowest BCUT2D eigenvalue weighted by atomic mass is 9.53. The lowest BCUT2D eigenvalue weighted by molar-refractivity contribution is -0.0135. The summed E-state index contributed by atoms with van der Waals surface area (Å²) in [6.45, 7) is 0. The molecule has 2 N–H and O–H groups in total. The molecule has 2 amide bonds. The molecule has 0 aromatic heterocycles. The molecule has 0 aliphatic heterocycles. The van der Waals surface area contributed by atoms with E-state index in [0.717, 1.165) is 42.6 Å². The van der Waals surface area contributed by atoms with E-state index >= 15 is 0 Å². The van der Waals surface area contributed by atoms with Gasteiger partial charge in [0.1, 0.15) is 0 Å². The van der Waals surface area contributed by atoms with Crippen LogP contribution in [0.5, 0.6) is 0 Å². The standard InChI is InChI=1S/C18H22ClN3O/c19-16-3-1-12(2-4-16)11-20-22-17(23)21-18-8-13-5-14(9-18)7-15(6-13)10-18/h1-4,11,13-15H,5-10H2,(H2,21,22,23)/b20-11+. The highest BCUT2D eigenvalue weighted by Crippen LogP contribution is 2.55. The third-order valence-corrected chi connectivity index (χ3v) is 5.92. The van der Waals surface area contributed by atoms with Gasteiger partial charge < -0.3 is 5.32 Å². The first kappa shape index (κ1) is 15.0. The number of hydrogen-bond donors (Lipinski definition) is 2. The van der Waals surface area contributed by atoms with Crippen molar-refractivity contribution in [1.29, 1.82) is 0 Å². The van der Waals surface area contributed by atoms with Gasteiger partial charge in [0.25, 0.3) is 0 Å².